The van der Waals surface area contributed by atoms with Crippen LogP contribution < -0.4 is 5.32 Å². The molecule has 1 saturated heterocycles. The third-order valence-corrected chi connectivity index (χ3v) is 4.57. The Kier molecular flexibility index (Phi) is 6.23. The number of nitrogens with one attached hydrogen (secondary N) is 1. The van der Waals surface area contributed by atoms with Gasteiger partial charge in [0.1, 0.15) is 0 Å². The SMILES string of the molecule is Cc1nn(CC(C)C(=O)NCCN2CCOCC2)c(C)c1Cl. The molecule has 0 spiro atoms. The quantitative estimate of drug-likeness (QED) is 0.853. The Morgan fingerprint density at radius 2 is 2.09 bits per heavy atom. The van der Waals surface area contributed by atoms with Gasteiger partial charge in [0, 0.05) is 26.2 Å². The van der Waals surface area contributed by atoms with Crippen LogP contribution in [0.1, 0.15) is 18.3 Å². The zero-order valence-electron chi connectivity index (χ0n) is 13.6. The van der Waals surface area contributed by atoms with Crippen molar-refractivity contribution >= 4 is 17.5 Å². The molecule has 6 nitrogen and oxygen atoms in total. The van der Waals surface area contributed by atoms with Gasteiger partial charge in [-0.25, -0.2) is 0 Å². The lowest BCUT2D eigenvalue weighted by molar-refractivity contribution is -0.125. The van der Waals surface area contributed by atoms with E-state index in [9.17, 15) is 4.79 Å². The first kappa shape index (κ1) is 17.2. The summed E-state index contributed by atoms with van der Waals surface area (Å²) >= 11 is 6.13. The summed E-state index contributed by atoms with van der Waals surface area (Å²) in [5.41, 5.74) is 1.71. The number of hydrogen-bond donors (Lipinski definition) is 1. The first-order chi connectivity index (χ1) is 10.5. The fourth-order valence-corrected chi connectivity index (χ4v) is 2.67. The molecular formula is C15H25ClN4O2. The Morgan fingerprint density at radius 1 is 1.41 bits per heavy atom. The van der Waals surface area contributed by atoms with Crippen molar-refractivity contribution in [2.75, 3.05) is 39.4 Å². The maximum absolute atomic E-state index is 12.2. The van der Waals surface area contributed by atoms with E-state index >= 15 is 0 Å². The molecule has 1 N–H and O–H groups in total. The van der Waals surface area contributed by atoms with Gasteiger partial charge in [-0.1, -0.05) is 18.5 Å². The van der Waals surface area contributed by atoms with Gasteiger partial charge >= 0.3 is 0 Å². The van der Waals surface area contributed by atoms with Crippen molar-refractivity contribution in [1.82, 2.24) is 20.0 Å². The van der Waals surface area contributed by atoms with Crippen LogP contribution in [0, 0.1) is 19.8 Å². The predicted octanol–water partition coefficient (Wildman–Crippen LogP) is 1.24. The molecule has 1 unspecified atom stereocenters. The Bertz CT molecular complexity index is 512. The van der Waals surface area contributed by atoms with E-state index in [1.165, 1.54) is 0 Å². The summed E-state index contributed by atoms with van der Waals surface area (Å²) in [5, 5.41) is 8.04. The molecule has 1 fully saturated rings. The van der Waals surface area contributed by atoms with E-state index in [0.29, 0.717) is 18.1 Å². The normalized spacial score (nSPS) is 17.5. The Balaban J connectivity index is 1.75. The van der Waals surface area contributed by atoms with Crippen LogP contribution in [0.3, 0.4) is 0 Å². The molecule has 0 radical (unpaired) electrons. The molecule has 0 aromatic carbocycles. The summed E-state index contributed by atoms with van der Waals surface area (Å²) in [6, 6.07) is 0. The molecule has 1 aromatic heterocycles. The van der Waals surface area contributed by atoms with Crippen LogP contribution in [0.25, 0.3) is 0 Å². The van der Waals surface area contributed by atoms with Crippen molar-refractivity contribution in [2.45, 2.75) is 27.3 Å². The highest BCUT2D eigenvalue weighted by atomic mass is 35.5. The number of halogens is 1. The molecule has 0 bridgehead atoms. The van der Waals surface area contributed by atoms with Crippen LogP contribution in [0.15, 0.2) is 0 Å². The molecule has 7 heteroatoms. The molecule has 2 heterocycles. The molecule has 1 aromatic rings. The van der Waals surface area contributed by atoms with Gasteiger partial charge in [-0.2, -0.15) is 5.10 Å². The second-order valence-corrected chi connectivity index (χ2v) is 6.19. The van der Waals surface area contributed by atoms with Crippen LogP contribution in [0.5, 0.6) is 0 Å². The van der Waals surface area contributed by atoms with Crippen molar-refractivity contribution in [3.63, 3.8) is 0 Å². The van der Waals surface area contributed by atoms with E-state index in [2.05, 4.69) is 15.3 Å². The summed E-state index contributed by atoms with van der Waals surface area (Å²) < 4.78 is 7.11. The zero-order chi connectivity index (χ0) is 16.1. The van der Waals surface area contributed by atoms with Gasteiger partial charge in [-0.15, -0.1) is 0 Å². The molecule has 2 rings (SSSR count). The van der Waals surface area contributed by atoms with E-state index in [4.69, 9.17) is 16.3 Å². The van der Waals surface area contributed by atoms with Gasteiger partial charge in [0.25, 0.3) is 0 Å². The van der Waals surface area contributed by atoms with Gasteiger partial charge in [0.15, 0.2) is 0 Å². The van der Waals surface area contributed by atoms with E-state index in [1.54, 1.807) is 0 Å². The maximum atomic E-state index is 12.2. The number of hydrogen-bond acceptors (Lipinski definition) is 4. The highest BCUT2D eigenvalue weighted by Crippen LogP contribution is 2.19. The Hall–Kier alpha value is -1.11. The number of carbonyl (C=O) groups excluding carboxylic acids is 1. The lowest BCUT2D eigenvalue weighted by Gasteiger charge is -2.26. The number of nitrogens with zero attached hydrogens (tertiary/aromatic N) is 3. The number of morpholine rings is 1. The smallest absolute Gasteiger partial charge is 0.224 e. The van der Waals surface area contributed by atoms with E-state index < -0.39 is 0 Å². The molecule has 0 aliphatic carbocycles. The Morgan fingerprint density at radius 3 is 2.68 bits per heavy atom. The lowest BCUT2D eigenvalue weighted by atomic mass is 10.1. The highest BCUT2D eigenvalue weighted by Gasteiger charge is 2.17. The number of rotatable bonds is 6. The average molecular weight is 329 g/mol. The van der Waals surface area contributed by atoms with Crippen molar-refractivity contribution in [1.29, 1.82) is 0 Å². The number of aryl methyl sites for hydroxylation is 1. The largest absolute Gasteiger partial charge is 0.379 e. The minimum Gasteiger partial charge on any atom is -0.379 e. The summed E-state index contributed by atoms with van der Waals surface area (Å²) in [6.07, 6.45) is 0. The summed E-state index contributed by atoms with van der Waals surface area (Å²) in [7, 11) is 0. The number of carbonyl (C=O) groups is 1. The molecule has 124 valence electrons. The second-order valence-electron chi connectivity index (χ2n) is 5.81. The van der Waals surface area contributed by atoms with E-state index in [-0.39, 0.29) is 11.8 Å². The van der Waals surface area contributed by atoms with Crippen LogP contribution in [0.2, 0.25) is 5.02 Å². The van der Waals surface area contributed by atoms with E-state index in [0.717, 1.165) is 44.2 Å². The predicted molar refractivity (Wildman–Crippen MR) is 86.1 cm³/mol. The number of amides is 1. The minimum atomic E-state index is -0.140. The molecule has 0 saturated carbocycles. The second kappa shape index (κ2) is 7.94. The fraction of sp³-hybridized carbons (Fsp3) is 0.733. The van der Waals surface area contributed by atoms with Crippen LogP contribution in [0.4, 0.5) is 0 Å². The van der Waals surface area contributed by atoms with Crippen molar-refractivity contribution in [3.05, 3.63) is 16.4 Å². The topological polar surface area (TPSA) is 59.4 Å². The molecule has 1 aliphatic heterocycles. The average Bonchev–Trinajstić information content (AvgIpc) is 2.75. The van der Waals surface area contributed by atoms with Crippen molar-refractivity contribution in [3.8, 4) is 0 Å². The third-order valence-electron chi connectivity index (χ3n) is 4.02. The summed E-state index contributed by atoms with van der Waals surface area (Å²) in [6.45, 7) is 11.2. The van der Waals surface area contributed by atoms with Crippen molar-refractivity contribution in [2.24, 2.45) is 5.92 Å². The standard InChI is InChI=1S/C15H25ClN4O2/c1-11(10-20-13(3)14(16)12(2)18-20)15(21)17-4-5-19-6-8-22-9-7-19/h11H,4-10H2,1-3H3,(H,17,21). The molecular weight excluding hydrogens is 304 g/mol. The fourth-order valence-electron chi connectivity index (χ4n) is 2.53. The number of aromatic nitrogens is 2. The first-order valence-corrected chi connectivity index (χ1v) is 8.14. The van der Waals surface area contributed by atoms with Crippen LogP contribution in [-0.4, -0.2) is 60.0 Å². The van der Waals surface area contributed by atoms with E-state index in [1.807, 2.05) is 25.5 Å². The monoisotopic (exact) mass is 328 g/mol. The van der Waals surface area contributed by atoms with Gasteiger partial charge in [0.2, 0.25) is 5.91 Å². The van der Waals surface area contributed by atoms with Gasteiger partial charge in [0.05, 0.1) is 42.1 Å². The number of ether oxygens (including phenoxy) is 1. The van der Waals surface area contributed by atoms with Gasteiger partial charge in [-0.3, -0.25) is 14.4 Å². The van der Waals surface area contributed by atoms with Gasteiger partial charge < -0.3 is 10.1 Å². The van der Waals surface area contributed by atoms with Crippen LogP contribution >= 0.6 is 11.6 Å². The third kappa shape index (κ3) is 4.44. The Labute approximate surface area is 136 Å². The molecule has 1 atom stereocenters. The lowest BCUT2D eigenvalue weighted by Crippen LogP contribution is -2.42. The van der Waals surface area contributed by atoms with Crippen molar-refractivity contribution < 1.29 is 9.53 Å². The molecule has 1 amide bonds. The maximum Gasteiger partial charge on any atom is 0.224 e. The minimum absolute atomic E-state index is 0.0527. The first-order valence-electron chi connectivity index (χ1n) is 7.76. The van der Waals surface area contributed by atoms with Crippen LogP contribution in [-0.2, 0) is 16.1 Å². The molecule has 22 heavy (non-hydrogen) atoms. The highest BCUT2D eigenvalue weighted by molar-refractivity contribution is 6.31. The summed E-state index contributed by atoms with van der Waals surface area (Å²) in [4.78, 5) is 14.5. The van der Waals surface area contributed by atoms with Gasteiger partial charge in [-0.05, 0) is 13.8 Å². The zero-order valence-corrected chi connectivity index (χ0v) is 14.3. The molecule has 1 aliphatic rings. The summed E-state index contributed by atoms with van der Waals surface area (Å²) in [5.74, 6) is -0.0873.